The van der Waals surface area contributed by atoms with E-state index in [2.05, 4.69) is 49.4 Å². The number of allylic oxidation sites excluding steroid dienone is 2. The molecule has 0 radical (unpaired) electrons. The lowest BCUT2D eigenvalue weighted by molar-refractivity contribution is 0.206. The average molecular weight is 266 g/mol. The minimum atomic E-state index is 0.833. The molecule has 0 heteroatoms. The van der Waals surface area contributed by atoms with E-state index in [1.807, 2.05) is 0 Å². The molecule has 0 aliphatic heterocycles. The lowest BCUT2D eigenvalue weighted by Gasteiger charge is -2.31. The van der Waals surface area contributed by atoms with Crippen LogP contribution in [0, 0.1) is 35.5 Å². The van der Waals surface area contributed by atoms with E-state index in [-0.39, 0.29) is 0 Å². The number of hydrogen-bond acceptors (Lipinski definition) is 0. The lowest BCUT2D eigenvalue weighted by atomic mass is 9.73. The molecule has 0 nitrogen and oxygen atoms in total. The first kappa shape index (κ1) is 12.7. The van der Waals surface area contributed by atoms with Gasteiger partial charge in [-0.05, 0) is 73.2 Å². The second-order valence-corrected chi connectivity index (χ2v) is 7.60. The Morgan fingerprint density at radius 3 is 2.40 bits per heavy atom. The number of benzene rings is 1. The average Bonchev–Trinajstić information content (AvgIpc) is 3.14. The highest BCUT2D eigenvalue weighted by molar-refractivity contribution is 5.17. The molecule has 6 atom stereocenters. The Morgan fingerprint density at radius 1 is 0.900 bits per heavy atom. The van der Waals surface area contributed by atoms with E-state index in [0.29, 0.717) is 0 Å². The van der Waals surface area contributed by atoms with Gasteiger partial charge in [-0.3, -0.25) is 0 Å². The summed E-state index contributed by atoms with van der Waals surface area (Å²) in [4.78, 5) is 0. The smallest absolute Gasteiger partial charge is 0.0197 e. The summed E-state index contributed by atoms with van der Waals surface area (Å²) in [7, 11) is 0. The van der Waals surface area contributed by atoms with Crippen LogP contribution in [-0.2, 0) is 6.42 Å². The van der Waals surface area contributed by atoms with E-state index in [4.69, 9.17) is 0 Å². The fourth-order valence-corrected chi connectivity index (χ4v) is 5.37. The third kappa shape index (κ3) is 2.24. The van der Waals surface area contributed by atoms with E-state index in [9.17, 15) is 0 Å². The Balaban J connectivity index is 1.39. The van der Waals surface area contributed by atoms with Crippen LogP contribution in [0.25, 0.3) is 0 Å². The van der Waals surface area contributed by atoms with Crippen LogP contribution in [0.3, 0.4) is 0 Å². The maximum atomic E-state index is 2.54. The van der Waals surface area contributed by atoms with Crippen molar-refractivity contribution in [3.8, 4) is 0 Å². The van der Waals surface area contributed by atoms with Crippen LogP contribution in [0.5, 0.6) is 0 Å². The monoisotopic (exact) mass is 266 g/mol. The second kappa shape index (κ2) is 5.06. The van der Waals surface area contributed by atoms with Crippen LogP contribution < -0.4 is 0 Å². The first-order valence-corrected chi connectivity index (χ1v) is 8.52. The summed E-state index contributed by atoms with van der Waals surface area (Å²) in [6.45, 7) is 2.38. The van der Waals surface area contributed by atoms with Crippen LogP contribution >= 0.6 is 0 Å². The van der Waals surface area contributed by atoms with Gasteiger partial charge in [0.1, 0.15) is 0 Å². The van der Waals surface area contributed by atoms with Gasteiger partial charge in [0.05, 0.1) is 0 Å². The van der Waals surface area contributed by atoms with Gasteiger partial charge in [-0.15, -0.1) is 0 Å². The molecular weight excluding hydrogens is 240 g/mol. The summed E-state index contributed by atoms with van der Waals surface area (Å²) in [5.41, 5.74) is 1.55. The Kier molecular flexibility index (Phi) is 3.21. The van der Waals surface area contributed by atoms with Crippen molar-refractivity contribution in [1.29, 1.82) is 0 Å². The molecule has 3 aliphatic carbocycles. The van der Waals surface area contributed by atoms with Crippen molar-refractivity contribution in [2.24, 2.45) is 35.5 Å². The fourth-order valence-electron chi connectivity index (χ4n) is 5.37. The zero-order valence-corrected chi connectivity index (χ0v) is 12.5. The molecule has 6 unspecified atom stereocenters. The zero-order chi connectivity index (χ0) is 13.5. The molecule has 1 aromatic rings. The Hall–Kier alpha value is -1.04. The summed E-state index contributed by atoms with van der Waals surface area (Å²) in [6.07, 6.45) is 12.3. The molecule has 106 valence electrons. The quantitative estimate of drug-likeness (QED) is 0.667. The Morgan fingerprint density at radius 2 is 1.75 bits per heavy atom. The summed E-state index contributed by atoms with van der Waals surface area (Å²) in [5, 5.41) is 0. The van der Waals surface area contributed by atoms with Crippen molar-refractivity contribution in [1.82, 2.24) is 0 Å². The van der Waals surface area contributed by atoms with E-state index in [1.54, 1.807) is 5.56 Å². The van der Waals surface area contributed by atoms with Crippen LogP contribution in [0.15, 0.2) is 42.5 Å². The van der Waals surface area contributed by atoms with Gasteiger partial charge in [0.2, 0.25) is 0 Å². The zero-order valence-electron chi connectivity index (χ0n) is 12.5. The Bertz CT molecular complexity index is 486. The number of rotatable bonds is 3. The van der Waals surface area contributed by atoms with Gasteiger partial charge in [-0.2, -0.15) is 0 Å². The second-order valence-electron chi connectivity index (χ2n) is 7.60. The van der Waals surface area contributed by atoms with Crippen molar-refractivity contribution in [2.75, 3.05) is 0 Å². The van der Waals surface area contributed by atoms with Gasteiger partial charge in [0, 0.05) is 0 Å². The Labute approximate surface area is 123 Å². The number of fused-ring (bicyclic) bond motifs is 2. The maximum Gasteiger partial charge on any atom is -0.0197 e. The van der Waals surface area contributed by atoms with Crippen LogP contribution in [-0.4, -0.2) is 0 Å². The van der Waals surface area contributed by atoms with E-state index < -0.39 is 0 Å². The first-order valence-electron chi connectivity index (χ1n) is 8.52. The highest BCUT2D eigenvalue weighted by Crippen LogP contribution is 2.56. The summed E-state index contributed by atoms with van der Waals surface area (Å²) in [6, 6.07) is 11.1. The highest BCUT2D eigenvalue weighted by Gasteiger charge is 2.47. The SMILES string of the molecule is CC1C=CC(C2CC3CC2CC3Cc2ccccc2)C1. The summed E-state index contributed by atoms with van der Waals surface area (Å²) in [5.74, 6) is 5.80. The van der Waals surface area contributed by atoms with Crippen LogP contribution in [0.4, 0.5) is 0 Å². The minimum absolute atomic E-state index is 0.833. The molecule has 2 bridgehead atoms. The van der Waals surface area contributed by atoms with Gasteiger partial charge in [0.25, 0.3) is 0 Å². The molecule has 0 amide bonds. The number of hydrogen-bond donors (Lipinski definition) is 0. The standard InChI is InChI=1S/C20H26/c1-14-7-8-16(9-14)20-13-18-12-19(20)11-17(18)10-15-5-3-2-4-6-15/h2-8,14,16-20H,9-13H2,1H3. The predicted octanol–water partition coefficient (Wildman–Crippen LogP) is 5.10. The minimum Gasteiger partial charge on any atom is -0.0854 e. The molecule has 0 heterocycles. The summed E-state index contributed by atoms with van der Waals surface area (Å²) >= 11 is 0. The summed E-state index contributed by atoms with van der Waals surface area (Å²) < 4.78 is 0. The van der Waals surface area contributed by atoms with Crippen molar-refractivity contribution in [3.63, 3.8) is 0 Å². The molecule has 4 rings (SSSR count). The normalized spacial score (nSPS) is 42.5. The first-order chi connectivity index (χ1) is 9.79. The van der Waals surface area contributed by atoms with Crippen molar-refractivity contribution in [3.05, 3.63) is 48.0 Å². The van der Waals surface area contributed by atoms with E-state index in [1.165, 1.54) is 32.1 Å². The molecule has 2 saturated carbocycles. The van der Waals surface area contributed by atoms with Crippen LogP contribution in [0.1, 0.15) is 38.2 Å². The van der Waals surface area contributed by atoms with Gasteiger partial charge < -0.3 is 0 Å². The van der Waals surface area contributed by atoms with Crippen LogP contribution in [0.2, 0.25) is 0 Å². The van der Waals surface area contributed by atoms with Crippen molar-refractivity contribution in [2.45, 2.75) is 39.0 Å². The third-order valence-electron chi connectivity index (χ3n) is 6.28. The maximum absolute atomic E-state index is 2.54. The van der Waals surface area contributed by atoms with E-state index >= 15 is 0 Å². The van der Waals surface area contributed by atoms with E-state index in [0.717, 1.165) is 35.5 Å². The topological polar surface area (TPSA) is 0 Å². The molecule has 0 N–H and O–H groups in total. The third-order valence-corrected chi connectivity index (χ3v) is 6.28. The molecular formula is C20H26. The van der Waals surface area contributed by atoms with Gasteiger partial charge in [0.15, 0.2) is 0 Å². The highest BCUT2D eigenvalue weighted by atomic mass is 14.5. The lowest BCUT2D eigenvalue weighted by Crippen LogP contribution is -2.24. The molecule has 0 saturated heterocycles. The fraction of sp³-hybridized carbons (Fsp3) is 0.600. The molecule has 0 spiro atoms. The van der Waals surface area contributed by atoms with Crippen molar-refractivity contribution < 1.29 is 0 Å². The van der Waals surface area contributed by atoms with Gasteiger partial charge >= 0.3 is 0 Å². The molecule has 3 aliphatic rings. The van der Waals surface area contributed by atoms with Gasteiger partial charge in [-0.1, -0.05) is 49.4 Å². The van der Waals surface area contributed by atoms with Gasteiger partial charge in [-0.25, -0.2) is 0 Å². The molecule has 2 fully saturated rings. The van der Waals surface area contributed by atoms with Crippen molar-refractivity contribution >= 4 is 0 Å². The largest absolute Gasteiger partial charge is 0.0854 e. The predicted molar refractivity (Wildman–Crippen MR) is 84.4 cm³/mol. The molecule has 1 aromatic carbocycles. The molecule has 0 aromatic heterocycles. The molecule has 20 heavy (non-hydrogen) atoms.